The molecule has 24 heavy (non-hydrogen) atoms. The van der Waals surface area contributed by atoms with Gasteiger partial charge in [0, 0.05) is 39.5 Å². The quantitative estimate of drug-likeness (QED) is 0.553. The minimum atomic E-state index is -2.92. The largest absolute Gasteiger partial charge is 0.486 e. The molecule has 1 aliphatic rings. The molecule has 1 saturated heterocycles. The van der Waals surface area contributed by atoms with Crippen molar-refractivity contribution in [2.24, 2.45) is 17.8 Å². The third-order valence-corrected chi connectivity index (χ3v) is 17.1. The molecule has 0 unspecified atom stereocenters. The first-order valence-corrected chi connectivity index (χ1v) is 14.6. The van der Waals surface area contributed by atoms with Crippen LogP contribution >= 0.6 is 0 Å². The molecular formula is C15H36O6Si3. The zero-order chi connectivity index (χ0) is 18.6. The summed E-state index contributed by atoms with van der Waals surface area (Å²) in [6, 6.07) is 2.21. The normalized spacial score (nSPS) is 34.5. The first kappa shape index (κ1) is 22.5. The molecule has 0 aromatic carbocycles. The van der Waals surface area contributed by atoms with E-state index in [2.05, 4.69) is 41.5 Å². The molecular weight excluding hydrogens is 360 g/mol. The van der Waals surface area contributed by atoms with Crippen molar-refractivity contribution in [1.82, 2.24) is 0 Å². The summed E-state index contributed by atoms with van der Waals surface area (Å²) in [5, 5.41) is 0. The smallest absolute Gasteiger partial charge is 0.378 e. The van der Waals surface area contributed by atoms with Crippen molar-refractivity contribution in [2.75, 3.05) is 21.3 Å². The second-order valence-corrected chi connectivity index (χ2v) is 16.8. The summed E-state index contributed by atoms with van der Waals surface area (Å²) in [7, 11) is -3.73. The third kappa shape index (κ3) is 5.71. The predicted molar refractivity (Wildman–Crippen MR) is 100 cm³/mol. The van der Waals surface area contributed by atoms with Gasteiger partial charge >= 0.3 is 26.4 Å². The molecule has 0 N–H and O–H groups in total. The molecule has 0 radical (unpaired) electrons. The van der Waals surface area contributed by atoms with Gasteiger partial charge in [-0.1, -0.05) is 41.5 Å². The summed E-state index contributed by atoms with van der Waals surface area (Å²) in [6.07, 6.45) is 0. The fourth-order valence-electron chi connectivity index (χ4n) is 3.02. The van der Waals surface area contributed by atoms with Crippen molar-refractivity contribution in [3.8, 4) is 0 Å². The van der Waals surface area contributed by atoms with Crippen LogP contribution in [0.1, 0.15) is 41.5 Å². The molecule has 1 fully saturated rings. The number of rotatable bonds is 9. The van der Waals surface area contributed by atoms with E-state index in [9.17, 15) is 0 Å². The van der Waals surface area contributed by atoms with E-state index in [-0.39, 0.29) is 0 Å². The van der Waals surface area contributed by atoms with Crippen molar-refractivity contribution in [2.45, 2.75) is 59.7 Å². The molecule has 0 spiro atoms. The lowest BCUT2D eigenvalue weighted by molar-refractivity contribution is 0.0312. The minimum Gasteiger partial charge on any atom is -0.378 e. The Morgan fingerprint density at radius 1 is 0.542 bits per heavy atom. The van der Waals surface area contributed by atoms with E-state index in [4.69, 9.17) is 25.6 Å². The summed E-state index contributed by atoms with van der Waals surface area (Å²) in [5.74, 6) is 1.17. The molecule has 0 amide bonds. The first-order valence-electron chi connectivity index (χ1n) is 8.81. The van der Waals surface area contributed by atoms with Crippen LogP contribution in [0.15, 0.2) is 0 Å². The highest BCUT2D eigenvalue weighted by molar-refractivity contribution is 6.88. The summed E-state index contributed by atoms with van der Waals surface area (Å²) in [6.45, 7) is 12.9. The van der Waals surface area contributed by atoms with E-state index >= 15 is 0 Å². The van der Waals surface area contributed by atoms with Crippen LogP contribution < -0.4 is 0 Å². The van der Waals surface area contributed by atoms with Crippen molar-refractivity contribution >= 4 is 26.4 Å². The van der Waals surface area contributed by atoms with Crippen molar-refractivity contribution < 1.29 is 25.6 Å². The highest BCUT2D eigenvalue weighted by Crippen LogP contribution is 2.41. The molecule has 6 nitrogen and oxygen atoms in total. The lowest BCUT2D eigenvalue weighted by Crippen LogP contribution is -2.73. The van der Waals surface area contributed by atoms with E-state index in [0.717, 1.165) is 18.1 Å². The molecule has 1 rings (SSSR count). The Morgan fingerprint density at radius 3 is 0.875 bits per heavy atom. The van der Waals surface area contributed by atoms with E-state index in [1.54, 1.807) is 21.3 Å². The van der Waals surface area contributed by atoms with E-state index in [1.807, 2.05) is 0 Å². The second-order valence-electron chi connectivity index (χ2n) is 7.76. The van der Waals surface area contributed by atoms with Crippen molar-refractivity contribution in [3.63, 3.8) is 0 Å². The molecule has 0 atom stereocenters. The highest BCUT2D eigenvalue weighted by atomic mass is 28.5. The van der Waals surface area contributed by atoms with Gasteiger partial charge in [-0.05, 0) is 17.8 Å². The van der Waals surface area contributed by atoms with Crippen LogP contribution in [-0.2, 0) is 25.6 Å². The Balaban J connectivity index is 3.31. The Kier molecular flexibility index (Phi) is 8.30. The lowest BCUT2D eigenvalue weighted by Gasteiger charge is -2.50. The first-order chi connectivity index (χ1) is 11.1. The molecule has 9 heteroatoms. The van der Waals surface area contributed by atoms with Crippen molar-refractivity contribution in [1.29, 1.82) is 0 Å². The monoisotopic (exact) mass is 396 g/mol. The lowest BCUT2D eigenvalue weighted by atomic mass is 10.3. The third-order valence-electron chi connectivity index (χ3n) is 3.84. The highest BCUT2D eigenvalue weighted by Gasteiger charge is 2.67. The zero-order valence-corrected chi connectivity index (χ0v) is 19.8. The summed E-state index contributed by atoms with van der Waals surface area (Å²) in [5.41, 5.74) is 0. The summed E-state index contributed by atoms with van der Waals surface area (Å²) >= 11 is 0. The molecule has 0 aromatic rings. The Labute approximate surface area is 151 Å². The van der Waals surface area contributed by atoms with E-state index < -0.39 is 26.4 Å². The topological polar surface area (TPSA) is 55.4 Å². The van der Waals surface area contributed by atoms with Crippen LogP contribution in [0, 0.1) is 17.8 Å². The van der Waals surface area contributed by atoms with Gasteiger partial charge in [-0.2, -0.15) is 0 Å². The van der Waals surface area contributed by atoms with Crippen LogP contribution in [0.3, 0.4) is 0 Å². The van der Waals surface area contributed by atoms with E-state index in [1.165, 1.54) is 0 Å². The number of hydrogen-bond acceptors (Lipinski definition) is 6. The Morgan fingerprint density at radius 2 is 0.750 bits per heavy atom. The molecule has 0 aromatic heterocycles. The zero-order valence-electron chi connectivity index (χ0n) is 16.8. The van der Waals surface area contributed by atoms with Crippen LogP contribution in [-0.4, -0.2) is 47.7 Å². The maximum atomic E-state index is 6.46. The average Bonchev–Trinajstić information content (AvgIpc) is 2.44. The van der Waals surface area contributed by atoms with Gasteiger partial charge in [0.1, 0.15) is 0 Å². The molecule has 0 bridgehead atoms. The Hall–Kier alpha value is 0.411. The minimum absolute atomic E-state index is 0.389. The molecule has 1 heterocycles. The van der Waals surface area contributed by atoms with Gasteiger partial charge < -0.3 is 25.6 Å². The van der Waals surface area contributed by atoms with Crippen molar-refractivity contribution in [3.05, 3.63) is 0 Å². The molecule has 0 aliphatic carbocycles. The second kappa shape index (κ2) is 8.87. The maximum Gasteiger partial charge on any atom is 0.486 e. The van der Waals surface area contributed by atoms with Crippen LogP contribution in [0.5, 0.6) is 0 Å². The van der Waals surface area contributed by atoms with Gasteiger partial charge in [0.25, 0.3) is 0 Å². The fraction of sp³-hybridized carbons (Fsp3) is 1.00. The van der Waals surface area contributed by atoms with Crippen LogP contribution in [0.4, 0.5) is 0 Å². The SMILES string of the molecule is CO[Si]1(CC(C)C)O[Si](CC(C)C)(OC)O[Si](CC(C)C)(OC)O1. The van der Waals surface area contributed by atoms with Gasteiger partial charge in [-0.15, -0.1) is 0 Å². The summed E-state index contributed by atoms with van der Waals surface area (Å²) < 4.78 is 37.1. The van der Waals surface area contributed by atoms with Gasteiger partial charge in [0.05, 0.1) is 0 Å². The van der Waals surface area contributed by atoms with Crippen LogP contribution in [0.25, 0.3) is 0 Å². The van der Waals surface area contributed by atoms with Crippen LogP contribution in [0.2, 0.25) is 18.1 Å². The average molecular weight is 397 g/mol. The van der Waals surface area contributed by atoms with Gasteiger partial charge in [0.2, 0.25) is 0 Å². The maximum absolute atomic E-state index is 6.46. The standard InChI is InChI=1S/C15H36O6Si3/c1-13(2)10-22(16-7)19-23(17-8,11-14(3)4)21-24(18-9,20-22)12-15(5)6/h13-15H,10-12H2,1-9H3. The molecule has 1 aliphatic heterocycles. The Bertz CT molecular complexity index is 328. The van der Waals surface area contributed by atoms with Gasteiger partial charge in [-0.3, -0.25) is 0 Å². The fourth-order valence-corrected chi connectivity index (χ4v) is 17.8. The van der Waals surface area contributed by atoms with Gasteiger partial charge in [-0.25, -0.2) is 0 Å². The predicted octanol–water partition coefficient (Wildman–Crippen LogP) is 3.77. The summed E-state index contributed by atoms with van der Waals surface area (Å²) in [4.78, 5) is 0. The van der Waals surface area contributed by atoms with E-state index in [0.29, 0.717) is 17.8 Å². The molecule has 0 saturated carbocycles. The van der Waals surface area contributed by atoms with Gasteiger partial charge in [0.15, 0.2) is 0 Å². The number of hydrogen-bond donors (Lipinski definition) is 0. The molecule has 144 valence electrons.